The van der Waals surface area contributed by atoms with E-state index in [9.17, 15) is 0 Å². The van der Waals surface area contributed by atoms with Crippen LogP contribution < -0.4 is 16.9 Å². The number of anilines is 2. The number of halogens is 3. The molecular weight excluding hydrogens is 607 g/mol. The fourth-order valence-electron chi connectivity index (χ4n) is 2.17. The summed E-state index contributed by atoms with van der Waals surface area (Å²) in [6.45, 7) is 0. The number of hydrogen-bond donors (Lipinski definition) is 4. The molecule has 6 N–H and O–H groups in total. The summed E-state index contributed by atoms with van der Waals surface area (Å²) in [7, 11) is -1.34. The molecule has 2 aromatic heterocycles. The molecule has 0 radical (unpaired) electrons. The van der Waals surface area contributed by atoms with Gasteiger partial charge in [-0.3, -0.25) is 0 Å². The van der Waals surface area contributed by atoms with Gasteiger partial charge in [-0.25, -0.2) is 19.9 Å². The lowest BCUT2D eigenvalue weighted by atomic mass is 9.81. The number of nitrogens with two attached hydrogens (primary N) is 2. The molecule has 0 spiro atoms. The lowest BCUT2D eigenvalue weighted by Crippen LogP contribution is -2.29. The minimum atomic E-state index is -1.34. The molecule has 0 bridgehead atoms. The fourth-order valence-corrected chi connectivity index (χ4v) is 3.26. The largest absolute Gasteiger partial charge is 0.488 e. The summed E-state index contributed by atoms with van der Waals surface area (Å²) in [6, 6.07) is 18.4. The quantitative estimate of drug-likeness (QED) is 0.248. The van der Waals surface area contributed by atoms with Crippen LogP contribution in [0.5, 0.6) is 0 Å². The molecule has 8 nitrogen and oxygen atoms in total. The van der Waals surface area contributed by atoms with Crippen molar-refractivity contribution in [2.45, 2.75) is 0 Å². The highest BCUT2D eigenvalue weighted by molar-refractivity contribution is 9.11. The van der Waals surface area contributed by atoms with Crippen LogP contribution in [0, 0.1) is 0 Å². The highest BCUT2D eigenvalue weighted by Gasteiger charge is 2.07. The van der Waals surface area contributed by atoms with Gasteiger partial charge >= 0.3 is 7.12 Å². The molecule has 4 aromatic rings. The van der Waals surface area contributed by atoms with Crippen molar-refractivity contribution in [3.05, 3.63) is 86.9 Å². The van der Waals surface area contributed by atoms with E-state index >= 15 is 0 Å². The van der Waals surface area contributed by atoms with Crippen LogP contribution in [0.3, 0.4) is 0 Å². The standard InChI is InChI=1S/C10H8BrN3.C6H7BO2.C4H3Br2N3/c11-8-6-13-10(12)9(14-8)7-4-2-1-3-5-7;8-7(9)6-4-2-1-3-5-6;5-2-1-8-4(7)3(6)9-2/h1-6H,(H2,12,13);1-5,8-9H;1H,(H2,7,8). The van der Waals surface area contributed by atoms with Gasteiger partial charge in [0.1, 0.15) is 25.3 Å². The van der Waals surface area contributed by atoms with Crippen molar-refractivity contribution in [1.82, 2.24) is 19.9 Å². The number of nitrogen functional groups attached to an aromatic ring is 2. The molecule has 0 unspecified atom stereocenters. The van der Waals surface area contributed by atoms with E-state index in [0.717, 1.165) is 5.56 Å². The van der Waals surface area contributed by atoms with Gasteiger partial charge in [-0.05, 0) is 53.3 Å². The first-order chi connectivity index (χ1) is 15.3. The van der Waals surface area contributed by atoms with Gasteiger partial charge in [0.15, 0.2) is 5.82 Å². The van der Waals surface area contributed by atoms with Crippen molar-refractivity contribution >= 4 is 72.0 Å². The summed E-state index contributed by atoms with van der Waals surface area (Å²) in [6.07, 6.45) is 3.13. The van der Waals surface area contributed by atoms with Crippen molar-refractivity contribution in [1.29, 1.82) is 0 Å². The zero-order chi connectivity index (χ0) is 23.5. The molecule has 4 rings (SSSR count). The summed E-state index contributed by atoms with van der Waals surface area (Å²) in [5.74, 6) is 0.845. The normalized spacial score (nSPS) is 9.66. The van der Waals surface area contributed by atoms with Crippen molar-refractivity contribution in [2.24, 2.45) is 0 Å². The van der Waals surface area contributed by atoms with Crippen LogP contribution >= 0.6 is 47.8 Å². The average molecular weight is 625 g/mol. The van der Waals surface area contributed by atoms with Gasteiger partial charge in [-0.2, -0.15) is 0 Å². The van der Waals surface area contributed by atoms with E-state index in [2.05, 4.69) is 67.7 Å². The van der Waals surface area contributed by atoms with Crippen molar-refractivity contribution < 1.29 is 10.0 Å². The molecule has 0 saturated carbocycles. The molecule has 0 fully saturated rings. The predicted molar refractivity (Wildman–Crippen MR) is 138 cm³/mol. The van der Waals surface area contributed by atoms with E-state index in [1.807, 2.05) is 36.4 Å². The Morgan fingerprint density at radius 1 is 0.688 bits per heavy atom. The van der Waals surface area contributed by atoms with E-state index in [1.54, 1.807) is 36.7 Å². The Balaban J connectivity index is 0.000000178. The van der Waals surface area contributed by atoms with Gasteiger partial charge in [0.2, 0.25) is 0 Å². The maximum atomic E-state index is 8.58. The number of benzene rings is 2. The molecule has 2 heterocycles. The molecule has 0 aliphatic rings. The second-order valence-corrected chi connectivity index (χ2v) is 8.32. The Kier molecular flexibility index (Phi) is 10.7. The number of aromatic nitrogens is 4. The van der Waals surface area contributed by atoms with Gasteiger partial charge in [0.05, 0.1) is 12.4 Å². The van der Waals surface area contributed by atoms with Crippen LogP contribution in [0.25, 0.3) is 11.3 Å². The number of rotatable bonds is 2. The van der Waals surface area contributed by atoms with Crippen molar-refractivity contribution in [2.75, 3.05) is 11.5 Å². The Hall–Kier alpha value is -2.38. The molecule has 12 heteroatoms. The third-order valence-corrected chi connectivity index (χ3v) is 4.99. The highest BCUT2D eigenvalue weighted by Crippen LogP contribution is 2.22. The lowest BCUT2D eigenvalue weighted by molar-refractivity contribution is 0.426. The molecule has 2 aromatic carbocycles. The van der Waals surface area contributed by atoms with Crippen LogP contribution in [-0.2, 0) is 0 Å². The maximum absolute atomic E-state index is 8.58. The molecule has 0 aliphatic heterocycles. The highest BCUT2D eigenvalue weighted by atomic mass is 79.9. The third kappa shape index (κ3) is 8.63. The van der Waals surface area contributed by atoms with Gasteiger partial charge in [-0.15, -0.1) is 0 Å². The molecule has 0 saturated heterocycles. The van der Waals surface area contributed by atoms with E-state index in [4.69, 9.17) is 21.5 Å². The Morgan fingerprint density at radius 3 is 1.66 bits per heavy atom. The van der Waals surface area contributed by atoms with E-state index < -0.39 is 7.12 Å². The zero-order valence-electron chi connectivity index (χ0n) is 16.5. The predicted octanol–water partition coefficient (Wildman–Crippen LogP) is 3.44. The van der Waals surface area contributed by atoms with Crippen LogP contribution in [0.15, 0.2) is 86.9 Å². The van der Waals surface area contributed by atoms with Crippen LogP contribution in [0.1, 0.15) is 0 Å². The summed E-state index contributed by atoms with van der Waals surface area (Å²) in [4.78, 5) is 16.0. The maximum Gasteiger partial charge on any atom is 0.488 e. The summed E-state index contributed by atoms with van der Waals surface area (Å²) in [5.41, 5.74) is 13.3. The number of nitrogens with zero attached hydrogens (tertiary/aromatic N) is 4. The van der Waals surface area contributed by atoms with E-state index in [1.165, 1.54) is 0 Å². The summed E-state index contributed by atoms with van der Waals surface area (Å²) >= 11 is 9.52. The van der Waals surface area contributed by atoms with Crippen LogP contribution in [-0.4, -0.2) is 37.1 Å². The smallest absolute Gasteiger partial charge is 0.423 e. The Labute approximate surface area is 210 Å². The first-order valence-electron chi connectivity index (χ1n) is 8.96. The molecule has 0 aliphatic carbocycles. The lowest BCUT2D eigenvalue weighted by Gasteiger charge is -2.03. The van der Waals surface area contributed by atoms with E-state index in [-0.39, 0.29) is 0 Å². The molecule has 164 valence electrons. The average Bonchev–Trinajstić information content (AvgIpc) is 2.80. The molecular formula is C20H18BBr3N6O2. The second-order valence-electron chi connectivity index (χ2n) is 5.95. The minimum Gasteiger partial charge on any atom is -0.423 e. The van der Waals surface area contributed by atoms with Crippen LogP contribution in [0.2, 0.25) is 0 Å². The Morgan fingerprint density at radius 2 is 1.19 bits per heavy atom. The first kappa shape index (κ1) is 25.9. The van der Waals surface area contributed by atoms with Gasteiger partial charge in [0, 0.05) is 5.56 Å². The summed E-state index contributed by atoms with van der Waals surface area (Å²) in [5, 5.41) is 17.2. The SMILES string of the molecule is Nc1ncc(Br)nc1-c1ccccc1.Nc1ncc(Br)nc1Br.OB(O)c1ccccc1. The van der Waals surface area contributed by atoms with Gasteiger partial charge in [0.25, 0.3) is 0 Å². The molecule has 32 heavy (non-hydrogen) atoms. The monoisotopic (exact) mass is 622 g/mol. The Bertz CT molecular complexity index is 1120. The van der Waals surface area contributed by atoms with Crippen molar-refractivity contribution in [3.8, 4) is 11.3 Å². The molecule has 0 atom stereocenters. The summed E-state index contributed by atoms with van der Waals surface area (Å²) < 4.78 is 1.92. The third-order valence-electron chi connectivity index (χ3n) is 3.64. The van der Waals surface area contributed by atoms with Crippen LogP contribution in [0.4, 0.5) is 11.6 Å². The van der Waals surface area contributed by atoms with Gasteiger partial charge < -0.3 is 21.5 Å². The van der Waals surface area contributed by atoms with Crippen molar-refractivity contribution in [3.63, 3.8) is 0 Å². The van der Waals surface area contributed by atoms with E-state index in [0.29, 0.717) is 36.6 Å². The topological polar surface area (TPSA) is 144 Å². The zero-order valence-corrected chi connectivity index (χ0v) is 21.2. The first-order valence-corrected chi connectivity index (χ1v) is 11.3. The molecule has 0 amide bonds. The fraction of sp³-hybridized carbons (Fsp3) is 0. The van der Waals surface area contributed by atoms with Gasteiger partial charge in [-0.1, -0.05) is 60.7 Å². The second kappa shape index (κ2) is 13.2. The minimum absolute atomic E-state index is 0.401. The number of hydrogen-bond acceptors (Lipinski definition) is 8.